The lowest BCUT2D eigenvalue weighted by Crippen LogP contribution is -2.35. The third-order valence-corrected chi connectivity index (χ3v) is 4.26. The molecule has 1 aromatic rings. The molecule has 0 unspecified atom stereocenters. The van der Waals surface area contributed by atoms with Crippen LogP contribution in [0.4, 0.5) is 0 Å². The molecule has 0 aliphatic carbocycles. The molecule has 0 spiro atoms. The number of nitrogens with zero attached hydrogens (tertiary/aromatic N) is 1. The van der Waals surface area contributed by atoms with Crippen molar-refractivity contribution in [2.45, 2.75) is 45.6 Å². The summed E-state index contributed by atoms with van der Waals surface area (Å²) in [5.74, 6) is -0.861. The predicted octanol–water partition coefficient (Wildman–Crippen LogP) is 1.97. The van der Waals surface area contributed by atoms with E-state index in [1.54, 1.807) is 12.1 Å². The van der Waals surface area contributed by atoms with Crippen molar-refractivity contribution in [1.29, 1.82) is 0 Å². The maximum absolute atomic E-state index is 12.3. The van der Waals surface area contributed by atoms with Crippen molar-refractivity contribution in [3.05, 3.63) is 34.9 Å². The number of fused-ring (bicyclic) bond motifs is 1. The first kappa shape index (κ1) is 18.0. The fraction of sp³-hybridized carbons (Fsp3) is 0.500. The molecule has 130 valence electrons. The zero-order valence-corrected chi connectivity index (χ0v) is 14.0. The summed E-state index contributed by atoms with van der Waals surface area (Å²) in [6.07, 6.45) is 3.84. The van der Waals surface area contributed by atoms with Gasteiger partial charge in [0, 0.05) is 33.0 Å². The monoisotopic (exact) mass is 332 g/mol. The average Bonchev–Trinajstić information content (AvgIpc) is 2.56. The van der Waals surface area contributed by atoms with Crippen LogP contribution in [0.2, 0.25) is 0 Å². The highest BCUT2D eigenvalue weighted by molar-refractivity contribution is 5.88. The van der Waals surface area contributed by atoms with E-state index in [0.29, 0.717) is 26.1 Å². The number of carbonyl (C=O) groups is 3. The lowest BCUT2D eigenvalue weighted by molar-refractivity contribution is -0.132. The van der Waals surface area contributed by atoms with Crippen LogP contribution < -0.4 is 5.32 Å². The largest absolute Gasteiger partial charge is 0.478 e. The highest BCUT2D eigenvalue weighted by Gasteiger charge is 2.21. The smallest absolute Gasteiger partial charge is 0.335 e. The van der Waals surface area contributed by atoms with Crippen LogP contribution in [0.15, 0.2) is 18.2 Å². The Morgan fingerprint density at radius 3 is 2.67 bits per heavy atom. The third kappa shape index (κ3) is 5.08. The lowest BCUT2D eigenvalue weighted by Gasteiger charge is -2.29. The molecule has 2 amide bonds. The van der Waals surface area contributed by atoms with Gasteiger partial charge in [0.25, 0.3) is 0 Å². The lowest BCUT2D eigenvalue weighted by atomic mass is 9.97. The molecule has 1 heterocycles. The molecule has 6 nitrogen and oxygen atoms in total. The van der Waals surface area contributed by atoms with Crippen LogP contribution in [0.5, 0.6) is 0 Å². The van der Waals surface area contributed by atoms with Gasteiger partial charge in [-0.1, -0.05) is 12.5 Å². The minimum Gasteiger partial charge on any atom is -0.478 e. The zero-order valence-electron chi connectivity index (χ0n) is 14.0. The fourth-order valence-electron chi connectivity index (χ4n) is 2.90. The standard InChI is InChI=1S/C18H24N2O4/c1-13(21)19-9-4-2-3-5-17(22)20-10-8-14-6-7-15(18(23)24)11-16(14)12-20/h6-7,11H,2-5,8-10,12H2,1H3,(H,19,21)(H,23,24). The molecule has 2 rings (SSSR count). The van der Waals surface area contributed by atoms with Crippen LogP contribution in [0.3, 0.4) is 0 Å². The Kier molecular flexibility index (Phi) is 6.35. The summed E-state index contributed by atoms with van der Waals surface area (Å²) in [6.45, 7) is 3.32. The van der Waals surface area contributed by atoms with E-state index < -0.39 is 5.97 Å². The Hall–Kier alpha value is -2.37. The van der Waals surface area contributed by atoms with Gasteiger partial charge in [-0.25, -0.2) is 4.79 Å². The molecule has 2 N–H and O–H groups in total. The summed E-state index contributed by atoms with van der Waals surface area (Å²) in [5.41, 5.74) is 2.32. The van der Waals surface area contributed by atoms with Gasteiger partial charge in [-0.2, -0.15) is 0 Å². The van der Waals surface area contributed by atoms with Gasteiger partial charge in [-0.3, -0.25) is 9.59 Å². The van der Waals surface area contributed by atoms with Gasteiger partial charge in [0.2, 0.25) is 11.8 Å². The molecule has 1 aromatic carbocycles. The first-order valence-electron chi connectivity index (χ1n) is 8.34. The summed E-state index contributed by atoms with van der Waals surface area (Å²) in [6, 6.07) is 5.14. The van der Waals surface area contributed by atoms with Gasteiger partial charge >= 0.3 is 5.97 Å². The van der Waals surface area contributed by atoms with E-state index in [-0.39, 0.29) is 17.4 Å². The number of amides is 2. The van der Waals surface area contributed by atoms with Gasteiger partial charge < -0.3 is 15.3 Å². The number of unbranched alkanes of at least 4 members (excludes halogenated alkanes) is 2. The number of rotatable bonds is 7. The first-order chi connectivity index (χ1) is 11.5. The Morgan fingerprint density at radius 2 is 1.96 bits per heavy atom. The molecular formula is C18H24N2O4. The highest BCUT2D eigenvalue weighted by Crippen LogP contribution is 2.21. The molecule has 0 bridgehead atoms. The number of carboxylic acid groups (broad SMARTS) is 1. The number of carboxylic acids is 1. The fourth-order valence-corrected chi connectivity index (χ4v) is 2.90. The normalized spacial score (nSPS) is 13.3. The van der Waals surface area contributed by atoms with Crippen LogP contribution >= 0.6 is 0 Å². The number of hydrogen-bond acceptors (Lipinski definition) is 3. The topological polar surface area (TPSA) is 86.7 Å². The second kappa shape index (κ2) is 8.47. The van der Waals surface area contributed by atoms with E-state index >= 15 is 0 Å². The van der Waals surface area contributed by atoms with Crippen molar-refractivity contribution < 1.29 is 19.5 Å². The zero-order chi connectivity index (χ0) is 17.5. The first-order valence-corrected chi connectivity index (χ1v) is 8.34. The minimum absolute atomic E-state index is 0.0289. The number of carbonyl (C=O) groups excluding carboxylic acids is 2. The summed E-state index contributed by atoms with van der Waals surface area (Å²) in [7, 11) is 0. The van der Waals surface area contributed by atoms with Crippen LogP contribution in [0.25, 0.3) is 0 Å². The Bertz CT molecular complexity index is 627. The Balaban J connectivity index is 1.79. The Morgan fingerprint density at radius 1 is 1.17 bits per heavy atom. The molecule has 0 atom stereocenters. The van der Waals surface area contributed by atoms with Crippen molar-refractivity contribution in [2.24, 2.45) is 0 Å². The predicted molar refractivity (Wildman–Crippen MR) is 89.7 cm³/mol. The molecule has 1 aliphatic rings. The van der Waals surface area contributed by atoms with Crippen molar-refractivity contribution in [2.75, 3.05) is 13.1 Å². The molecular weight excluding hydrogens is 308 g/mol. The van der Waals surface area contributed by atoms with E-state index in [1.165, 1.54) is 6.92 Å². The maximum atomic E-state index is 12.3. The van der Waals surface area contributed by atoms with Crippen LogP contribution in [0, 0.1) is 0 Å². The number of hydrogen-bond donors (Lipinski definition) is 2. The van der Waals surface area contributed by atoms with E-state index in [0.717, 1.165) is 36.8 Å². The van der Waals surface area contributed by atoms with Gasteiger partial charge in [-0.15, -0.1) is 0 Å². The van der Waals surface area contributed by atoms with Gasteiger partial charge in [-0.05, 0) is 42.5 Å². The highest BCUT2D eigenvalue weighted by atomic mass is 16.4. The van der Waals surface area contributed by atoms with Gasteiger partial charge in [0.15, 0.2) is 0 Å². The van der Waals surface area contributed by atoms with Crippen LogP contribution in [-0.2, 0) is 22.6 Å². The van der Waals surface area contributed by atoms with E-state index in [4.69, 9.17) is 5.11 Å². The average molecular weight is 332 g/mol. The summed E-state index contributed by atoms with van der Waals surface area (Å²) in [4.78, 5) is 35.9. The molecule has 0 aromatic heterocycles. The van der Waals surface area contributed by atoms with Crippen LogP contribution in [0.1, 0.15) is 54.1 Å². The Labute approximate surface area is 141 Å². The van der Waals surface area contributed by atoms with Crippen LogP contribution in [-0.4, -0.2) is 40.9 Å². The summed E-state index contributed by atoms with van der Waals surface area (Å²) in [5, 5.41) is 11.8. The molecule has 0 radical (unpaired) electrons. The van der Waals surface area contributed by atoms with Crippen molar-refractivity contribution in [1.82, 2.24) is 10.2 Å². The number of benzene rings is 1. The maximum Gasteiger partial charge on any atom is 0.335 e. The van der Waals surface area contributed by atoms with E-state index in [2.05, 4.69) is 5.32 Å². The number of nitrogens with one attached hydrogen (secondary N) is 1. The quantitative estimate of drug-likeness (QED) is 0.747. The molecule has 0 saturated carbocycles. The molecule has 0 saturated heterocycles. The third-order valence-electron chi connectivity index (χ3n) is 4.26. The molecule has 1 aliphatic heterocycles. The minimum atomic E-state index is -0.944. The SMILES string of the molecule is CC(=O)NCCCCCC(=O)N1CCc2ccc(C(=O)O)cc2C1. The summed E-state index contributed by atoms with van der Waals surface area (Å²) < 4.78 is 0. The van der Waals surface area contributed by atoms with Gasteiger partial charge in [0.05, 0.1) is 5.56 Å². The van der Waals surface area contributed by atoms with Crippen molar-refractivity contribution in [3.8, 4) is 0 Å². The van der Waals surface area contributed by atoms with E-state index in [1.807, 2.05) is 11.0 Å². The van der Waals surface area contributed by atoms with E-state index in [9.17, 15) is 14.4 Å². The molecule has 0 fully saturated rings. The molecule has 6 heteroatoms. The molecule has 24 heavy (non-hydrogen) atoms. The summed E-state index contributed by atoms with van der Waals surface area (Å²) >= 11 is 0. The second-order valence-corrected chi connectivity index (χ2v) is 6.15. The second-order valence-electron chi connectivity index (χ2n) is 6.15. The van der Waals surface area contributed by atoms with Crippen molar-refractivity contribution >= 4 is 17.8 Å². The number of aromatic carboxylic acids is 1. The van der Waals surface area contributed by atoms with Crippen molar-refractivity contribution in [3.63, 3.8) is 0 Å². The van der Waals surface area contributed by atoms with Gasteiger partial charge in [0.1, 0.15) is 0 Å².